The van der Waals surface area contributed by atoms with E-state index in [-0.39, 0.29) is 24.3 Å². The zero-order chi connectivity index (χ0) is 31.3. The van der Waals surface area contributed by atoms with E-state index < -0.39 is 6.10 Å². The molecule has 1 saturated heterocycles. The van der Waals surface area contributed by atoms with Crippen molar-refractivity contribution in [1.29, 1.82) is 0 Å². The number of hydrogen-bond acceptors (Lipinski definition) is 6. The molecule has 1 heterocycles. The van der Waals surface area contributed by atoms with Gasteiger partial charge in [-0.25, -0.2) is 4.79 Å². The molecule has 0 spiro atoms. The Morgan fingerprint density at radius 2 is 1.44 bits per heavy atom. The highest BCUT2D eigenvalue weighted by molar-refractivity contribution is 5.74. The average molecular weight is 609 g/mol. The molecule has 0 radical (unpaired) electrons. The smallest absolute Gasteiger partial charge is 0.317 e. The van der Waals surface area contributed by atoms with Gasteiger partial charge in [0.15, 0.2) is 0 Å². The van der Waals surface area contributed by atoms with Crippen molar-refractivity contribution in [2.24, 2.45) is 0 Å². The van der Waals surface area contributed by atoms with Crippen molar-refractivity contribution in [3.8, 4) is 11.5 Å². The monoisotopic (exact) mass is 608 g/mol. The van der Waals surface area contributed by atoms with Crippen molar-refractivity contribution in [1.82, 2.24) is 15.5 Å². The number of nitrogens with zero attached hydrogens (tertiary/aromatic N) is 1. The maximum Gasteiger partial charge on any atom is 0.317 e. The first-order valence-corrected chi connectivity index (χ1v) is 15.8. The van der Waals surface area contributed by atoms with E-state index in [1.807, 2.05) is 41.3 Å². The molecule has 0 bridgehead atoms. The Bertz CT molecular complexity index is 1390. The Labute approximate surface area is 266 Å². The number of piperidine rings is 1. The maximum absolute atomic E-state index is 13.1. The predicted molar refractivity (Wildman–Crippen MR) is 179 cm³/mol. The number of anilines is 1. The Kier molecular flexibility index (Phi) is 11.7. The summed E-state index contributed by atoms with van der Waals surface area (Å²) in [4.78, 5) is 15.0. The largest absolute Gasteiger partial charge is 0.508 e. The van der Waals surface area contributed by atoms with Crippen LogP contribution < -0.4 is 20.7 Å². The van der Waals surface area contributed by atoms with Gasteiger partial charge in [-0.05, 0) is 78.9 Å². The van der Waals surface area contributed by atoms with Crippen LogP contribution in [0.15, 0.2) is 109 Å². The lowest BCUT2D eigenvalue weighted by atomic mass is 9.91. The lowest BCUT2D eigenvalue weighted by Gasteiger charge is -2.33. The van der Waals surface area contributed by atoms with Crippen LogP contribution >= 0.6 is 0 Å². The van der Waals surface area contributed by atoms with E-state index in [2.05, 4.69) is 64.5 Å². The zero-order valence-electron chi connectivity index (χ0n) is 25.6. The third-order valence-electron chi connectivity index (χ3n) is 8.22. The fourth-order valence-electron chi connectivity index (χ4n) is 5.63. The third kappa shape index (κ3) is 9.99. The molecule has 45 heavy (non-hydrogen) atoms. The molecule has 1 fully saturated rings. The number of phenolic OH excluding ortho intramolecular Hbond substituents is 1. The number of amides is 2. The quantitative estimate of drug-likeness (QED) is 0.123. The molecule has 8 nitrogen and oxygen atoms in total. The van der Waals surface area contributed by atoms with Gasteiger partial charge in [0, 0.05) is 43.8 Å². The van der Waals surface area contributed by atoms with E-state index in [0.29, 0.717) is 24.9 Å². The summed E-state index contributed by atoms with van der Waals surface area (Å²) in [5, 5.41) is 29.6. The summed E-state index contributed by atoms with van der Waals surface area (Å²) < 4.78 is 5.55. The van der Waals surface area contributed by atoms with Gasteiger partial charge in [-0.1, -0.05) is 72.8 Å². The van der Waals surface area contributed by atoms with Crippen molar-refractivity contribution in [2.45, 2.75) is 37.3 Å². The number of carbonyl (C=O) groups is 1. The summed E-state index contributed by atoms with van der Waals surface area (Å²) in [6.07, 6.45) is 2.04. The maximum atomic E-state index is 13.1. The van der Waals surface area contributed by atoms with Crippen molar-refractivity contribution in [3.05, 3.63) is 126 Å². The number of phenols is 1. The second kappa shape index (κ2) is 16.5. The molecule has 0 aromatic heterocycles. The molecular weight excluding hydrogens is 564 g/mol. The van der Waals surface area contributed by atoms with Crippen LogP contribution in [0.4, 0.5) is 10.5 Å². The highest BCUT2D eigenvalue weighted by atomic mass is 16.5. The van der Waals surface area contributed by atoms with Crippen molar-refractivity contribution < 1.29 is 19.7 Å². The van der Waals surface area contributed by atoms with Gasteiger partial charge in [-0.3, -0.25) is 0 Å². The lowest BCUT2D eigenvalue weighted by molar-refractivity contribution is 0.106. The van der Waals surface area contributed by atoms with E-state index >= 15 is 0 Å². The minimum absolute atomic E-state index is 0.000612. The van der Waals surface area contributed by atoms with Crippen molar-refractivity contribution >= 4 is 11.7 Å². The normalized spacial score (nSPS) is 14.2. The van der Waals surface area contributed by atoms with Crippen LogP contribution in [-0.4, -0.2) is 72.6 Å². The highest BCUT2D eigenvalue weighted by Gasteiger charge is 2.24. The minimum Gasteiger partial charge on any atom is -0.508 e. The SMILES string of the molecule is O=C(NCC(c1ccccc1)c1ccccc1)N1CCC(Nc2ccc(CCNC[C@H](O)COc3ccc(O)cc3)cc2)CC1. The Morgan fingerprint density at radius 1 is 0.822 bits per heavy atom. The van der Waals surface area contributed by atoms with Crippen molar-refractivity contribution in [2.75, 3.05) is 44.6 Å². The Balaban J connectivity index is 0.982. The van der Waals surface area contributed by atoms with Crippen LogP contribution in [0.2, 0.25) is 0 Å². The fraction of sp³-hybridized carbons (Fsp3) is 0.324. The van der Waals surface area contributed by atoms with Crippen LogP contribution in [0.3, 0.4) is 0 Å². The van der Waals surface area contributed by atoms with Gasteiger partial charge in [-0.15, -0.1) is 0 Å². The number of urea groups is 1. The summed E-state index contributed by atoms with van der Waals surface area (Å²) in [5.74, 6) is 0.907. The highest BCUT2D eigenvalue weighted by Crippen LogP contribution is 2.24. The topological polar surface area (TPSA) is 106 Å². The number of ether oxygens (including phenoxy) is 1. The number of likely N-dealkylation sites (tertiary alicyclic amines) is 1. The van der Waals surface area contributed by atoms with Gasteiger partial charge < -0.3 is 35.8 Å². The van der Waals surface area contributed by atoms with E-state index in [1.54, 1.807) is 24.3 Å². The van der Waals surface area contributed by atoms with E-state index in [9.17, 15) is 15.0 Å². The van der Waals surface area contributed by atoms with Crippen LogP contribution in [0.25, 0.3) is 0 Å². The van der Waals surface area contributed by atoms with Gasteiger partial charge in [0.2, 0.25) is 0 Å². The average Bonchev–Trinajstić information content (AvgIpc) is 3.08. The van der Waals surface area contributed by atoms with Crippen LogP contribution in [0, 0.1) is 0 Å². The molecule has 0 unspecified atom stereocenters. The molecule has 236 valence electrons. The van der Waals surface area contributed by atoms with E-state index in [0.717, 1.165) is 44.6 Å². The number of hydrogen-bond donors (Lipinski definition) is 5. The molecule has 5 rings (SSSR count). The second-order valence-corrected chi connectivity index (χ2v) is 11.6. The molecule has 4 aromatic rings. The third-order valence-corrected chi connectivity index (χ3v) is 8.22. The molecule has 1 atom stereocenters. The van der Waals surface area contributed by atoms with E-state index in [4.69, 9.17) is 4.74 Å². The number of rotatable bonds is 14. The van der Waals surface area contributed by atoms with Crippen LogP contribution in [-0.2, 0) is 6.42 Å². The first kappa shape index (κ1) is 31.9. The summed E-state index contributed by atoms with van der Waals surface area (Å²) in [6, 6.07) is 36.0. The second-order valence-electron chi connectivity index (χ2n) is 11.6. The first-order valence-electron chi connectivity index (χ1n) is 15.8. The number of nitrogens with one attached hydrogen (secondary N) is 3. The summed E-state index contributed by atoms with van der Waals surface area (Å²) in [7, 11) is 0. The fourth-order valence-corrected chi connectivity index (χ4v) is 5.63. The number of aliphatic hydroxyl groups excluding tert-OH is 1. The summed E-state index contributed by atoms with van der Waals surface area (Å²) in [5.41, 5.74) is 4.70. The van der Waals surface area contributed by atoms with Crippen LogP contribution in [0.1, 0.15) is 35.4 Å². The Hall–Kier alpha value is -4.53. The molecule has 1 aliphatic heterocycles. The molecule has 0 aliphatic carbocycles. The molecule has 1 aliphatic rings. The van der Waals surface area contributed by atoms with Gasteiger partial charge in [0.1, 0.15) is 24.2 Å². The lowest BCUT2D eigenvalue weighted by Crippen LogP contribution is -2.47. The minimum atomic E-state index is -0.622. The predicted octanol–water partition coefficient (Wildman–Crippen LogP) is 5.38. The molecule has 2 amide bonds. The molecule has 5 N–H and O–H groups in total. The molecular formula is C37H44N4O4. The van der Waals surface area contributed by atoms with Gasteiger partial charge in [0.05, 0.1) is 0 Å². The van der Waals surface area contributed by atoms with Crippen molar-refractivity contribution in [3.63, 3.8) is 0 Å². The number of aliphatic hydroxyl groups is 1. The first-order chi connectivity index (χ1) is 22.0. The number of carbonyl (C=O) groups excluding carboxylic acids is 1. The van der Waals surface area contributed by atoms with E-state index in [1.165, 1.54) is 16.7 Å². The standard InChI is InChI=1S/C37H44N4O4/c42-33-15-17-35(18-16-33)45-27-34(43)25-38-22-19-28-11-13-31(14-12-28)40-32-20-23-41(24-21-32)37(44)39-26-36(29-7-3-1-4-8-29)30-9-5-2-6-10-30/h1-18,32,34,36,38,40,42-43H,19-27H2,(H,39,44)/t34-/m0/s1. The molecule has 8 heteroatoms. The number of benzene rings is 4. The van der Waals surface area contributed by atoms with Gasteiger partial charge >= 0.3 is 6.03 Å². The summed E-state index contributed by atoms with van der Waals surface area (Å²) in [6.45, 7) is 3.38. The molecule has 4 aromatic carbocycles. The van der Waals surface area contributed by atoms with Gasteiger partial charge in [0.25, 0.3) is 0 Å². The van der Waals surface area contributed by atoms with Gasteiger partial charge in [-0.2, -0.15) is 0 Å². The van der Waals surface area contributed by atoms with Crippen LogP contribution in [0.5, 0.6) is 11.5 Å². The Morgan fingerprint density at radius 3 is 2.07 bits per heavy atom. The molecule has 0 saturated carbocycles. The zero-order valence-corrected chi connectivity index (χ0v) is 25.6. The number of aromatic hydroxyl groups is 1. The summed E-state index contributed by atoms with van der Waals surface area (Å²) >= 11 is 0.